The first-order valence-corrected chi connectivity index (χ1v) is 7.74. The fourth-order valence-electron chi connectivity index (χ4n) is 2.70. The molecule has 0 saturated heterocycles. The minimum atomic E-state index is 0.0858. The van der Waals surface area contributed by atoms with Crippen molar-refractivity contribution >= 4 is 0 Å². The van der Waals surface area contributed by atoms with E-state index < -0.39 is 0 Å². The van der Waals surface area contributed by atoms with E-state index >= 15 is 0 Å². The molecule has 0 atom stereocenters. The standard InChI is InChI=1S/C16H24N4O/c1-16(2,3)18-9-12-8-13(21-19-12)10-20-11-17-14-6-4-5-7-15(14)20/h8,11,18H,4-7,9-10H2,1-3H3. The average molecular weight is 288 g/mol. The minimum absolute atomic E-state index is 0.0858. The fourth-order valence-corrected chi connectivity index (χ4v) is 2.70. The van der Waals surface area contributed by atoms with Gasteiger partial charge in [0, 0.05) is 23.8 Å². The molecule has 1 N–H and O–H groups in total. The monoisotopic (exact) mass is 288 g/mol. The molecular formula is C16H24N4O. The number of aryl methyl sites for hydroxylation is 1. The molecule has 5 heteroatoms. The normalized spacial score (nSPS) is 15.2. The Hall–Kier alpha value is -1.62. The van der Waals surface area contributed by atoms with E-state index in [1.165, 1.54) is 24.2 Å². The van der Waals surface area contributed by atoms with E-state index in [9.17, 15) is 0 Å². The molecule has 0 aliphatic heterocycles. The van der Waals surface area contributed by atoms with Crippen molar-refractivity contribution in [2.45, 2.75) is 65.1 Å². The van der Waals surface area contributed by atoms with E-state index in [0.29, 0.717) is 0 Å². The number of nitrogens with zero attached hydrogens (tertiary/aromatic N) is 3. The molecule has 0 spiro atoms. The van der Waals surface area contributed by atoms with Crippen LogP contribution in [0, 0.1) is 0 Å². The van der Waals surface area contributed by atoms with Gasteiger partial charge < -0.3 is 14.4 Å². The van der Waals surface area contributed by atoms with Crippen LogP contribution in [0.4, 0.5) is 0 Å². The van der Waals surface area contributed by atoms with Crippen LogP contribution in [-0.4, -0.2) is 20.2 Å². The van der Waals surface area contributed by atoms with Gasteiger partial charge >= 0.3 is 0 Å². The molecular weight excluding hydrogens is 264 g/mol. The predicted molar refractivity (Wildman–Crippen MR) is 81.1 cm³/mol. The van der Waals surface area contributed by atoms with Crippen molar-refractivity contribution in [1.82, 2.24) is 20.0 Å². The van der Waals surface area contributed by atoms with Crippen LogP contribution in [0.2, 0.25) is 0 Å². The number of hydrogen-bond donors (Lipinski definition) is 1. The molecule has 2 aromatic heterocycles. The van der Waals surface area contributed by atoms with Gasteiger partial charge in [0.25, 0.3) is 0 Å². The van der Waals surface area contributed by atoms with Crippen LogP contribution in [0.1, 0.15) is 56.5 Å². The quantitative estimate of drug-likeness (QED) is 0.940. The van der Waals surface area contributed by atoms with Crippen LogP contribution in [0.5, 0.6) is 0 Å². The second kappa shape index (κ2) is 5.64. The smallest absolute Gasteiger partial charge is 0.156 e. The van der Waals surface area contributed by atoms with Crippen LogP contribution >= 0.6 is 0 Å². The van der Waals surface area contributed by atoms with Gasteiger partial charge in [-0.25, -0.2) is 4.98 Å². The maximum Gasteiger partial charge on any atom is 0.156 e. The van der Waals surface area contributed by atoms with Gasteiger partial charge in [0.15, 0.2) is 5.76 Å². The highest BCUT2D eigenvalue weighted by atomic mass is 16.5. The fraction of sp³-hybridized carbons (Fsp3) is 0.625. The molecule has 21 heavy (non-hydrogen) atoms. The molecule has 0 bridgehead atoms. The van der Waals surface area contributed by atoms with Gasteiger partial charge in [-0.15, -0.1) is 0 Å². The number of rotatable bonds is 4. The van der Waals surface area contributed by atoms with E-state index in [2.05, 4.69) is 40.8 Å². The van der Waals surface area contributed by atoms with Crippen LogP contribution in [-0.2, 0) is 25.9 Å². The lowest BCUT2D eigenvalue weighted by Gasteiger charge is -2.19. The molecule has 114 valence electrons. The summed E-state index contributed by atoms with van der Waals surface area (Å²) in [4.78, 5) is 4.52. The number of imidazole rings is 1. The lowest BCUT2D eigenvalue weighted by atomic mass is 10.0. The average Bonchev–Trinajstić information content (AvgIpc) is 3.04. The van der Waals surface area contributed by atoms with E-state index in [1.54, 1.807) is 0 Å². The summed E-state index contributed by atoms with van der Waals surface area (Å²) in [6.45, 7) is 7.89. The molecule has 0 unspecified atom stereocenters. The Bertz CT molecular complexity index is 606. The summed E-state index contributed by atoms with van der Waals surface area (Å²) in [6.07, 6.45) is 6.69. The minimum Gasteiger partial charge on any atom is -0.359 e. The number of hydrogen-bond acceptors (Lipinski definition) is 4. The first-order chi connectivity index (χ1) is 10.0. The van der Waals surface area contributed by atoms with E-state index in [4.69, 9.17) is 4.52 Å². The highest BCUT2D eigenvalue weighted by molar-refractivity contribution is 5.18. The molecule has 0 saturated carbocycles. The molecule has 0 radical (unpaired) electrons. The van der Waals surface area contributed by atoms with Gasteiger partial charge in [0.05, 0.1) is 24.3 Å². The molecule has 5 nitrogen and oxygen atoms in total. The molecule has 1 aliphatic rings. The van der Waals surface area contributed by atoms with Gasteiger partial charge in [-0.05, 0) is 46.5 Å². The zero-order valence-corrected chi connectivity index (χ0v) is 13.1. The zero-order valence-electron chi connectivity index (χ0n) is 13.1. The molecule has 3 rings (SSSR count). The number of aromatic nitrogens is 3. The Morgan fingerprint density at radius 3 is 2.90 bits per heavy atom. The van der Waals surface area contributed by atoms with Crippen molar-refractivity contribution in [3.8, 4) is 0 Å². The van der Waals surface area contributed by atoms with E-state index in [1.807, 2.05) is 12.4 Å². The first kappa shape index (κ1) is 14.3. The van der Waals surface area contributed by atoms with Crippen molar-refractivity contribution in [2.24, 2.45) is 0 Å². The Labute approximate surface area is 125 Å². The summed E-state index contributed by atoms with van der Waals surface area (Å²) in [7, 11) is 0. The molecule has 1 aliphatic carbocycles. The second-order valence-electron chi connectivity index (χ2n) is 6.86. The van der Waals surface area contributed by atoms with Crippen molar-refractivity contribution in [3.63, 3.8) is 0 Å². The van der Waals surface area contributed by atoms with Gasteiger partial charge in [-0.1, -0.05) is 5.16 Å². The van der Waals surface area contributed by atoms with Gasteiger partial charge in [-0.3, -0.25) is 0 Å². The lowest BCUT2D eigenvalue weighted by molar-refractivity contribution is 0.359. The lowest BCUT2D eigenvalue weighted by Crippen LogP contribution is -2.35. The largest absolute Gasteiger partial charge is 0.359 e. The van der Waals surface area contributed by atoms with Gasteiger partial charge in [0.2, 0.25) is 0 Å². The summed E-state index contributed by atoms with van der Waals surface area (Å²) >= 11 is 0. The van der Waals surface area contributed by atoms with Crippen LogP contribution in [0.15, 0.2) is 16.9 Å². The summed E-state index contributed by atoms with van der Waals surface area (Å²) in [6, 6.07) is 2.04. The summed E-state index contributed by atoms with van der Waals surface area (Å²) in [5.41, 5.74) is 3.67. The topological polar surface area (TPSA) is 55.9 Å². The molecule has 0 aromatic carbocycles. The van der Waals surface area contributed by atoms with Crippen LogP contribution in [0.25, 0.3) is 0 Å². The van der Waals surface area contributed by atoms with E-state index in [0.717, 1.165) is 37.4 Å². The van der Waals surface area contributed by atoms with Crippen LogP contribution in [0.3, 0.4) is 0 Å². The maximum absolute atomic E-state index is 5.46. The summed E-state index contributed by atoms with van der Waals surface area (Å²) in [5, 5.41) is 7.56. The number of nitrogens with one attached hydrogen (secondary N) is 1. The molecule has 0 fully saturated rings. The third kappa shape index (κ3) is 3.53. The second-order valence-corrected chi connectivity index (χ2v) is 6.86. The molecule has 0 amide bonds. The maximum atomic E-state index is 5.46. The SMILES string of the molecule is CC(C)(C)NCc1cc(Cn2cnc3c2CCCC3)on1. The van der Waals surface area contributed by atoms with Crippen molar-refractivity contribution in [2.75, 3.05) is 0 Å². The highest BCUT2D eigenvalue weighted by Crippen LogP contribution is 2.21. The third-order valence-electron chi connectivity index (χ3n) is 3.84. The Morgan fingerprint density at radius 1 is 1.29 bits per heavy atom. The molecule has 2 aromatic rings. The van der Waals surface area contributed by atoms with Crippen LogP contribution < -0.4 is 5.32 Å². The summed E-state index contributed by atoms with van der Waals surface area (Å²) in [5.74, 6) is 0.895. The highest BCUT2D eigenvalue weighted by Gasteiger charge is 2.16. The summed E-state index contributed by atoms with van der Waals surface area (Å²) < 4.78 is 7.66. The Morgan fingerprint density at radius 2 is 2.10 bits per heavy atom. The predicted octanol–water partition coefficient (Wildman–Crippen LogP) is 2.69. The zero-order chi connectivity index (χ0) is 14.9. The third-order valence-corrected chi connectivity index (χ3v) is 3.84. The van der Waals surface area contributed by atoms with Crippen molar-refractivity contribution in [3.05, 3.63) is 35.2 Å². The van der Waals surface area contributed by atoms with Crippen molar-refractivity contribution < 1.29 is 4.52 Å². The Balaban J connectivity index is 1.66. The number of fused-ring (bicyclic) bond motifs is 1. The molecule has 2 heterocycles. The van der Waals surface area contributed by atoms with E-state index in [-0.39, 0.29) is 5.54 Å². The van der Waals surface area contributed by atoms with Gasteiger partial charge in [0.1, 0.15) is 0 Å². The Kier molecular flexibility index (Phi) is 3.85. The first-order valence-electron chi connectivity index (χ1n) is 7.74. The van der Waals surface area contributed by atoms with Crippen molar-refractivity contribution in [1.29, 1.82) is 0 Å². The van der Waals surface area contributed by atoms with Gasteiger partial charge in [-0.2, -0.15) is 0 Å².